The third-order valence-electron chi connectivity index (χ3n) is 2.78. The van der Waals surface area contributed by atoms with E-state index in [1.807, 2.05) is 36.4 Å². The first-order valence-corrected chi connectivity index (χ1v) is 5.79. The zero-order valence-corrected chi connectivity index (χ0v) is 9.63. The molecular formula is C14H17NO2. The lowest BCUT2D eigenvalue weighted by Crippen LogP contribution is -2.24. The number of aliphatic hydroxyl groups is 2. The number of nitrogens with one attached hydrogen (secondary N) is 1. The monoisotopic (exact) mass is 231 g/mol. The highest BCUT2D eigenvalue weighted by molar-refractivity contribution is 5.83. The molecule has 0 aromatic heterocycles. The minimum atomic E-state index is -0.536. The van der Waals surface area contributed by atoms with Crippen molar-refractivity contribution in [1.29, 1.82) is 0 Å². The van der Waals surface area contributed by atoms with E-state index in [0.717, 1.165) is 10.9 Å². The van der Waals surface area contributed by atoms with Crippen LogP contribution < -0.4 is 5.32 Å². The molecule has 0 saturated heterocycles. The third-order valence-corrected chi connectivity index (χ3v) is 2.78. The lowest BCUT2D eigenvalue weighted by atomic mass is 10.0. The molecule has 2 aromatic carbocycles. The number of fused-ring (bicyclic) bond motifs is 1. The van der Waals surface area contributed by atoms with E-state index in [2.05, 4.69) is 11.4 Å². The maximum Gasteiger partial charge on any atom is 0.0914 e. The van der Waals surface area contributed by atoms with Crippen LogP contribution in [0.1, 0.15) is 11.7 Å². The topological polar surface area (TPSA) is 52.5 Å². The summed E-state index contributed by atoms with van der Waals surface area (Å²) in [6, 6.07) is 14.0. The van der Waals surface area contributed by atoms with Gasteiger partial charge in [-0.25, -0.2) is 0 Å². The van der Waals surface area contributed by atoms with Crippen molar-refractivity contribution >= 4 is 10.8 Å². The van der Waals surface area contributed by atoms with Gasteiger partial charge in [-0.05, 0) is 22.4 Å². The summed E-state index contributed by atoms with van der Waals surface area (Å²) >= 11 is 0. The van der Waals surface area contributed by atoms with Crippen LogP contribution in [-0.4, -0.2) is 29.9 Å². The minimum Gasteiger partial charge on any atom is -0.395 e. The van der Waals surface area contributed by atoms with E-state index in [4.69, 9.17) is 5.11 Å². The summed E-state index contributed by atoms with van der Waals surface area (Å²) < 4.78 is 0. The maximum atomic E-state index is 9.96. The zero-order valence-electron chi connectivity index (χ0n) is 9.63. The molecule has 0 bridgehead atoms. The summed E-state index contributed by atoms with van der Waals surface area (Å²) in [7, 11) is 0. The van der Waals surface area contributed by atoms with E-state index in [9.17, 15) is 5.11 Å². The van der Waals surface area contributed by atoms with Crippen molar-refractivity contribution in [2.24, 2.45) is 0 Å². The Morgan fingerprint density at radius 2 is 1.82 bits per heavy atom. The van der Waals surface area contributed by atoms with E-state index in [0.29, 0.717) is 13.1 Å². The molecule has 0 radical (unpaired) electrons. The summed E-state index contributed by atoms with van der Waals surface area (Å²) in [5.41, 5.74) is 0.897. The number of hydrogen-bond acceptors (Lipinski definition) is 3. The fourth-order valence-electron chi connectivity index (χ4n) is 1.85. The summed E-state index contributed by atoms with van der Waals surface area (Å²) in [6.07, 6.45) is -0.536. The largest absolute Gasteiger partial charge is 0.395 e. The predicted octanol–water partition coefficient (Wildman–Crippen LogP) is 1.46. The second kappa shape index (κ2) is 5.77. The Labute approximate surface area is 101 Å². The molecule has 0 unspecified atom stereocenters. The van der Waals surface area contributed by atoms with E-state index >= 15 is 0 Å². The molecule has 90 valence electrons. The van der Waals surface area contributed by atoms with Crippen molar-refractivity contribution < 1.29 is 10.2 Å². The number of aliphatic hydroxyl groups excluding tert-OH is 2. The van der Waals surface area contributed by atoms with Crippen LogP contribution in [0.5, 0.6) is 0 Å². The summed E-state index contributed by atoms with van der Waals surface area (Å²) in [5, 5.41) is 23.9. The van der Waals surface area contributed by atoms with Gasteiger partial charge in [0.25, 0.3) is 0 Å². The van der Waals surface area contributed by atoms with Crippen molar-refractivity contribution in [2.45, 2.75) is 6.10 Å². The van der Waals surface area contributed by atoms with Crippen LogP contribution in [-0.2, 0) is 0 Å². The van der Waals surface area contributed by atoms with E-state index in [1.54, 1.807) is 0 Å². The lowest BCUT2D eigenvalue weighted by Gasteiger charge is -2.12. The number of hydrogen-bond donors (Lipinski definition) is 3. The molecule has 3 heteroatoms. The summed E-state index contributed by atoms with van der Waals surface area (Å²) in [6.45, 7) is 1.05. The van der Waals surface area contributed by atoms with Gasteiger partial charge >= 0.3 is 0 Å². The zero-order chi connectivity index (χ0) is 12.1. The van der Waals surface area contributed by atoms with Crippen LogP contribution in [0.4, 0.5) is 0 Å². The molecule has 0 saturated carbocycles. The predicted molar refractivity (Wildman–Crippen MR) is 68.9 cm³/mol. The molecule has 2 rings (SSSR count). The van der Waals surface area contributed by atoms with Crippen molar-refractivity contribution in [3.05, 3.63) is 48.0 Å². The molecular weight excluding hydrogens is 214 g/mol. The summed E-state index contributed by atoms with van der Waals surface area (Å²) in [5.74, 6) is 0. The SMILES string of the molecule is OCCNC[C@H](O)c1ccc2ccccc2c1. The van der Waals surface area contributed by atoms with Gasteiger partial charge in [-0.2, -0.15) is 0 Å². The Bertz CT molecular complexity index is 484. The molecule has 0 amide bonds. The molecule has 17 heavy (non-hydrogen) atoms. The number of benzene rings is 2. The van der Waals surface area contributed by atoms with E-state index in [1.165, 1.54) is 5.39 Å². The second-order valence-corrected chi connectivity index (χ2v) is 4.05. The Morgan fingerprint density at radius 1 is 1.06 bits per heavy atom. The molecule has 0 aliphatic carbocycles. The average molecular weight is 231 g/mol. The highest BCUT2D eigenvalue weighted by Crippen LogP contribution is 2.19. The van der Waals surface area contributed by atoms with Crippen molar-refractivity contribution in [1.82, 2.24) is 5.32 Å². The van der Waals surface area contributed by atoms with E-state index in [-0.39, 0.29) is 6.61 Å². The van der Waals surface area contributed by atoms with Crippen LogP contribution in [0.25, 0.3) is 10.8 Å². The van der Waals surface area contributed by atoms with Crippen molar-refractivity contribution in [2.75, 3.05) is 19.7 Å². The van der Waals surface area contributed by atoms with Crippen LogP contribution in [0.3, 0.4) is 0 Å². The van der Waals surface area contributed by atoms with Crippen LogP contribution in [0.2, 0.25) is 0 Å². The standard InChI is InChI=1S/C14H17NO2/c16-8-7-15-10-14(17)13-6-5-11-3-1-2-4-12(11)9-13/h1-6,9,14-17H,7-8,10H2/t14-/m0/s1. The Kier molecular flexibility index (Phi) is 4.09. The highest BCUT2D eigenvalue weighted by Gasteiger charge is 2.07. The Morgan fingerprint density at radius 3 is 2.59 bits per heavy atom. The van der Waals surface area contributed by atoms with Gasteiger partial charge < -0.3 is 15.5 Å². The van der Waals surface area contributed by atoms with Gasteiger partial charge in [0.05, 0.1) is 12.7 Å². The average Bonchev–Trinajstić information content (AvgIpc) is 2.38. The van der Waals surface area contributed by atoms with Gasteiger partial charge in [0.15, 0.2) is 0 Å². The molecule has 0 heterocycles. The smallest absolute Gasteiger partial charge is 0.0914 e. The molecule has 3 nitrogen and oxygen atoms in total. The number of rotatable bonds is 5. The first kappa shape index (κ1) is 12.0. The van der Waals surface area contributed by atoms with Crippen molar-refractivity contribution in [3.8, 4) is 0 Å². The molecule has 0 spiro atoms. The van der Waals surface area contributed by atoms with Crippen LogP contribution >= 0.6 is 0 Å². The van der Waals surface area contributed by atoms with Crippen LogP contribution in [0.15, 0.2) is 42.5 Å². The van der Waals surface area contributed by atoms with Gasteiger partial charge in [0.1, 0.15) is 0 Å². The molecule has 0 fully saturated rings. The Hall–Kier alpha value is -1.42. The minimum absolute atomic E-state index is 0.0877. The summed E-state index contributed by atoms with van der Waals surface area (Å²) in [4.78, 5) is 0. The Balaban J connectivity index is 2.12. The van der Waals surface area contributed by atoms with Gasteiger partial charge in [-0.3, -0.25) is 0 Å². The fourth-order valence-corrected chi connectivity index (χ4v) is 1.85. The van der Waals surface area contributed by atoms with Gasteiger partial charge in [-0.15, -0.1) is 0 Å². The normalized spacial score (nSPS) is 12.8. The lowest BCUT2D eigenvalue weighted by molar-refractivity contribution is 0.171. The molecule has 3 N–H and O–H groups in total. The van der Waals surface area contributed by atoms with Crippen LogP contribution in [0, 0.1) is 0 Å². The maximum absolute atomic E-state index is 9.96. The van der Waals surface area contributed by atoms with Gasteiger partial charge in [0.2, 0.25) is 0 Å². The first-order valence-electron chi connectivity index (χ1n) is 5.79. The second-order valence-electron chi connectivity index (χ2n) is 4.05. The molecule has 0 aliphatic rings. The van der Waals surface area contributed by atoms with Gasteiger partial charge in [-0.1, -0.05) is 36.4 Å². The molecule has 0 aliphatic heterocycles. The van der Waals surface area contributed by atoms with E-state index < -0.39 is 6.10 Å². The first-order chi connectivity index (χ1) is 8.31. The van der Waals surface area contributed by atoms with Crippen molar-refractivity contribution in [3.63, 3.8) is 0 Å². The molecule has 2 aromatic rings. The fraction of sp³-hybridized carbons (Fsp3) is 0.286. The quantitative estimate of drug-likeness (QED) is 0.683. The highest BCUT2D eigenvalue weighted by atomic mass is 16.3. The van der Waals surface area contributed by atoms with Gasteiger partial charge in [0, 0.05) is 13.1 Å². The molecule has 1 atom stereocenters. The third kappa shape index (κ3) is 3.03.